The van der Waals surface area contributed by atoms with Gasteiger partial charge in [-0.1, -0.05) is 12.1 Å². The number of carbonyl (C=O) groups is 1. The predicted molar refractivity (Wildman–Crippen MR) is 109 cm³/mol. The molecule has 160 valence electrons. The van der Waals surface area contributed by atoms with Crippen molar-refractivity contribution >= 4 is 15.9 Å². The van der Waals surface area contributed by atoms with Gasteiger partial charge in [-0.25, -0.2) is 17.1 Å². The van der Waals surface area contributed by atoms with Crippen LogP contribution in [0.1, 0.15) is 31.7 Å². The summed E-state index contributed by atoms with van der Waals surface area (Å²) >= 11 is 0. The molecule has 29 heavy (non-hydrogen) atoms. The SMILES string of the molecule is CCN1CCC2(CN(S(C)(=O)=O)CC23CCN(Cc2ccc(F)cc2)CC3)C1=O. The summed E-state index contributed by atoms with van der Waals surface area (Å²) in [5.41, 5.74) is 0.181. The maximum absolute atomic E-state index is 13.4. The van der Waals surface area contributed by atoms with Gasteiger partial charge in [0.05, 0.1) is 11.7 Å². The van der Waals surface area contributed by atoms with Crippen LogP contribution in [0.2, 0.25) is 0 Å². The number of hydrogen-bond donors (Lipinski definition) is 0. The Morgan fingerprint density at radius 3 is 2.24 bits per heavy atom. The van der Waals surface area contributed by atoms with Crippen LogP contribution in [0.5, 0.6) is 0 Å². The van der Waals surface area contributed by atoms with E-state index in [4.69, 9.17) is 0 Å². The number of carbonyl (C=O) groups excluding carboxylic acids is 1. The van der Waals surface area contributed by atoms with Crippen LogP contribution < -0.4 is 0 Å². The number of fused-ring (bicyclic) bond motifs is 1. The first-order valence-electron chi connectivity index (χ1n) is 10.4. The minimum absolute atomic E-state index is 0.137. The number of halogens is 1. The second-order valence-corrected chi connectivity index (χ2v) is 10.9. The van der Waals surface area contributed by atoms with Gasteiger partial charge in [-0.3, -0.25) is 9.69 Å². The number of nitrogens with zero attached hydrogens (tertiary/aromatic N) is 3. The van der Waals surface area contributed by atoms with Gasteiger partial charge in [-0.05, 0) is 57.0 Å². The fourth-order valence-electron chi connectivity index (χ4n) is 5.65. The molecule has 1 aromatic rings. The van der Waals surface area contributed by atoms with Crippen LogP contribution >= 0.6 is 0 Å². The molecule has 3 aliphatic rings. The van der Waals surface area contributed by atoms with Crippen molar-refractivity contribution in [3.63, 3.8) is 0 Å². The molecule has 8 heteroatoms. The molecule has 4 rings (SSSR count). The molecule has 1 unspecified atom stereocenters. The van der Waals surface area contributed by atoms with Gasteiger partial charge in [0.15, 0.2) is 0 Å². The molecule has 1 aromatic carbocycles. The zero-order valence-corrected chi connectivity index (χ0v) is 18.0. The van der Waals surface area contributed by atoms with Crippen LogP contribution in [0.4, 0.5) is 4.39 Å². The molecular weight excluding hydrogens is 393 g/mol. The Kier molecular flexibility index (Phi) is 5.24. The lowest BCUT2D eigenvalue weighted by atomic mass is 9.60. The number of likely N-dealkylation sites (tertiary alicyclic amines) is 2. The third-order valence-corrected chi connectivity index (χ3v) is 8.63. The highest BCUT2D eigenvalue weighted by Gasteiger charge is 2.66. The molecule has 3 heterocycles. The molecule has 0 radical (unpaired) electrons. The average Bonchev–Trinajstić information content (AvgIpc) is 3.18. The summed E-state index contributed by atoms with van der Waals surface area (Å²) in [6, 6.07) is 6.57. The molecule has 6 nitrogen and oxygen atoms in total. The lowest BCUT2D eigenvalue weighted by Crippen LogP contribution is -2.52. The fourth-order valence-corrected chi connectivity index (χ4v) is 6.59. The van der Waals surface area contributed by atoms with Crippen molar-refractivity contribution < 1.29 is 17.6 Å². The Morgan fingerprint density at radius 1 is 1.03 bits per heavy atom. The summed E-state index contributed by atoms with van der Waals surface area (Å²) in [4.78, 5) is 17.6. The Bertz CT molecular complexity index is 881. The van der Waals surface area contributed by atoms with Crippen molar-refractivity contribution in [2.24, 2.45) is 10.8 Å². The first kappa shape index (κ1) is 20.8. The van der Waals surface area contributed by atoms with E-state index in [1.807, 2.05) is 24.0 Å². The van der Waals surface area contributed by atoms with E-state index >= 15 is 0 Å². The zero-order chi connectivity index (χ0) is 20.9. The fraction of sp³-hybridized carbons (Fsp3) is 0.667. The largest absolute Gasteiger partial charge is 0.342 e. The van der Waals surface area contributed by atoms with E-state index in [1.54, 1.807) is 4.31 Å². The van der Waals surface area contributed by atoms with Crippen LogP contribution in [0, 0.1) is 16.6 Å². The highest BCUT2D eigenvalue weighted by Crippen LogP contribution is 2.58. The van der Waals surface area contributed by atoms with Crippen molar-refractivity contribution in [3.05, 3.63) is 35.6 Å². The van der Waals surface area contributed by atoms with E-state index in [1.165, 1.54) is 18.4 Å². The van der Waals surface area contributed by atoms with Crippen molar-refractivity contribution in [3.8, 4) is 0 Å². The molecule has 3 saturated heterocycles. The maximum atomic E-state index is 13.4. The van der Waals surface area contributed by atoms with Gasteiger partial charge in [0.25, 0.3) is 0 Å². The zero-order valence-electron chi connectivity index (χ0n) is 17.2. The lowest BCUT2D eigenvalue weighted by Gasteiger charge is -2.47. The number of piperidine rings is 1. The van der Waals surface area contributed by atoms with E-state index in [0.717, 1.165) is 44.5 Å². The minimum Gasteiger partial charge on any atom is -0.342 e. The summed E-state index contributed by atoms with van der Waals surface area (Å²) < 4.78 is 39.4. The van der Waals surface area contributed by atoms with Crippen molar-refractivity contribution in [1.82, 2.24) is 14.1 Å². The van der Waals surface area contributed by atoms with Crippen molar-refractivity contribution in [1.29, 1.82) is 0 Å². The van der Waals surface area contributed by atoms with Gasteiger partial charge < -0.3 is 4.90 Å². The Balaban J connectivity index is 1.55. The molecule has 0 aliphatic carbocycles. The van der Waals surface area contributed by atoms with Gasteiger partial charge in [-0.15, -0.1) is 0 Å². The van der Waals surface area contributed by atoms with Gasteiger partial charge in [-0.2, -0.15) is 0 Å². The molecule has 1 atom stereocenters. The second-order valence-electron chi connectivity index (χ2n) is 8.93. The van der Waals surface area contributed by atoms with Crippen molar-refractivity contribution in [2.75, 3.05) is 45.5 Å². The number of benzene rings is 1. The molecule has 0 bridgehead atoms. The molecule has 1 amide bonds. The second kappa shape index (κ2) is 7.32. The molecule has 0 saturated carbocycles. The normalized spacial score (nSPS) is 28.1. The quantitative estimate of drug-likeness (QED) is 0.743. The first-order chi connectivity index (χ1) is 13.7. The first-order valence-corrected chi connectivity index (χ1v) is 12.3. The van der Waals surface area contributed by atoms with E-state index in [-0.39, 0.29) is 17.1 Å². The highest BCUT2D eigenvalue weighted by molar-refractivity contribution is 7.88. The maximum Gasteiger partial charge on any atom is 0.230 e. The van der Waals surface area contributed by atoms with Crippen LogP contribution in [-0.4, -0.2) is 74.0 Å². The topological polar surface area (TPSA) is 60.9 Å². The molecule has 0 N–H and O–H groups in total. The molecular formula is C21H30FN3O3S. The summed E-state index contributed by atoms with van der Waals surface area (Å²) in [5, 5.41) is 0. The molecule has 3 aliphatic heterocycles. The van der Waals surface area contributed by atoms with Crippen LogP contribution in [0.3, 0.4) is 0 Å². The van der Waals surface area contributed by atoms with Gasteiger partial charge >= 0.3 is 0 Å². The van der Waals surface area contributed by atoms with E-state index < -0.39 is 15.4 Å². The third-order valence-electron chi connectivity index (χ3n) is 7.43. The Hall–Kier alpha value is -1.51. The van der Waals surface area contributed by atoms with Crippen LogP contribution in [-0.2, 0) is 21.4 Å². The number of hydrogen-bond acceptors (Lipinski definition) is 4. The van der Waals surface area contributed by atoms with E-state index in [9.17, 15) is 17.6 Å². The van der Waals surface area contributed by atoms with Crippen LogP contribution in [0.15, 0.2) is 24.3 Å². The number of sulfonamides is 1. The smallest absolute Gasteiger partial charge is 0.230 e. The highest BCUT2D eigenvalue weighted by atomic mass is 32.2. The van der Waals surface area contributed by atoms with Gasteiger partial charge in [0.1, 0.15) is 5.82 Å². The van der Waals surface area contributed by atoms with Crippen molar-refractivity contribution in [2.45, 2.75) is 32.7 Å². The summed E-state index contributed by atoms with van der Waals surface area (Å²) in [5.74, 6) is -0.0986. The monoisotopic (exact) mass is 423 g/mol. The number of amides is 1. The standard InChI is InChI=1S/C21H30FN3O3S/c1-3-24-13-10-21(19(24)26)16-25(29(2,27)28)15-20(21)8-11-23(12-9-20)14-17-4-6-18(22)7-5-17/h4-7H,3,8-16H2,1-2H3. The third kappa shape index (κ3) is 3.49. The molecule has 3 fully saturated rings. The average molecular weight is 424 g/mol. The minimum atomic E-state index is -3.34. The van der Waals surface area contributed by atoms with Crippen LogP contribution in [0.25, 0.3) is 0 Å². The Labute approximate surface area is 172 Å². The molecule has 0 aromatic heterocycles. The predicted octanol–water partition coefficient (Wildman–Crippen LogP) is 1.92. The summed E-state index contributed by atoms with van der Waals surface area (Å²) in [6.07, 6.45) is 3.61. The van der Waals surface area contributed by atoms with E-state index in [2.05, 4.69) is 4.90 Å². The lowest BCUT2D eigenvalue weighted by molar-refractivity contribution is -0.142. The molecule has 2 spiro atoms. The van der Waals surface area contributed by atoms with Gasteiger partial charge in [0.2, 0.25) is 15.9 Å². The number of rotatable bonds is 4. The van der Waals surface area contributed by atoms with Gasteiger partial charge in [0, 0.05) is 38.1 Å². The summed E-state index contributed by atoms with van der Waals surface area (Å²) in [6.45, 7) is 6.51. The summed E-state index contributed by atoms with van der Waals surface area (Å²) in [7, 11) is -3.34. The van der Waals surface area contributed by atoms with E-state index in [0.29, 0.717) is 26.2 Å². The Morgan fingerprint density at radius 2 is 1.69 bits per heavy atom.